The number of halogens is 2. The van der Waals surface area contributed by atoms with E-state index in [1.54, 1.807) is 0 Å². The van der Waals surface area contributed by atoms with E-state index in [0.717, 1.165) is 16.9 Å². The summed E-state index contributed by atoms with van der Waals surface area (Å²) in [4.78, 5) is 12.0. The van der Waals surface area contributed by atoms with E-state index in [1.165, 1.54) is 0 Å². The van der Waals surface area contributed by atoms with Crippen LogP contribution >= 0.6 is 24.0 Å². The fourth-order valence-corrected chi connectivity index (χ4v) is 2.37. The Hall–Kier alpha value is -1.75. The quantitative estimate of drug-likeness (QED) is 0.732. The Balaban J connectivity index is 0.00000312. The third-order valence-electron chi connectivity index (χ3n) is 3.61. The van der Waals surface area contributed by atoms with Crippen molar-refractivity contribution in [2.45, 2.75) is 20.0 Å². The first kappa shape index (κ1) is 21.3. The number of carbonyl (C=O) groups is 1. The molecule has 0 aromatic heterocycles. The summed E-state index contributed by atoms with van der Waals surface area (Å²) >= 11 is 5.96. The highest BCUT2D eigenvalue weighted by molar-refractivity contribution is 6.30. The fourth-order valence-electron chi connectivity index (χ4n) is 2.16. The average molecular weight is 383 g/mol. The Morgan fingerprint density at radius 3 is 2.64 bits per heavy atom. The van der Waals surface area contributed by atoms with Gasteiger partial charge < -0.3 is 15.8 Å². The second kappa shape index (κ2) is 11.0. The van der Waals surface area contributed by atoms with Crippen LogP contribution in [0.2, 0.25) is 5.02 Å². The number of ether oxygens (including phenoxy) is 1. The summed E-state index contributed by atoms with van der Waals surface area (Å²) in [7, 11) is 0. The van der Waals surface area contributed by atoms with Crippen molar-refractivity contribution in [3.63, 3.8) is 0 Å². The van der Waals surface area contributed by atoms with Crippen molar-refractivity contribution >= 4 is 29.9 Å². The van der Waals surface area contributed by atoms with Crippen LogP contribution in [0.3, 0.4) is 0 Å². The van der Waals surface area contributed by atoms with Gasteiger partial charge in [0.2, 0.25) is 5.91 Å². The van der Waals surface area contributed by atoms with Crippen molar-refractivity contribution < 1.29 is 9.53 Å². The summed E-state index contributed by atoms with van der Waals surface area (Å²) in [5.74, 6) is 0.999. The second-order valence-electron chi connectivity index (χ2n) is 5.89. The van der Waals surface area contributed by atoms with E-state index < -0.39 is 0 Å². The summed E-state index contributed by atoms with van der Waals surface area (Å²) in [6.07, 6.45) is 0.325. The van der Waals surface area contributed by atoms with Gasteiger partial charge in [-0.2, -0.15) is 0 Å². The van der Waals surface area contributed by atoms with Crippen molar-refractivity contribution in [3.05, 3.63) is 64.7 Å². The fraction of sp³-hybridized carbons (Fsp3) is 0.316. The predicted molar refractivity (Wildman–Crippen MR) is 104 cm³/mol. The first-order chi connectivity index (χ1) is 11.6. The van der Waals surface area contributed by atoms with Gasteiger partial charge in [-0.25, -0.2) is 0 Å². The monoisotopic (exact) mass is 382 g/mol. The number of carbonyl (C=O) groups excluding carboxylic acids is 1. The second-order valence-corrected chi connectivity index (χ2v) is 6.32. The van der Waals surface area contributed by atoms with Crippen LogP contribution in [-0.4, -0.2) is 19.0 Å². The highest BCUT2D eigenvalue weighted by Gasteiger charge is 2.06. The molecule has 0 saturated carbocycles. The minimum atomic E-state index is -0.0118. The van der Waals surface area contributed by atoms with Crippen molar-refractivity contribution in [1.82, 2.24) is 5.32 Å². The summed E-state index contributed by atoms with van der Waals surface area (Å²) in [5.41, 5.74) is 7.46. The topological polar surface area (TPSA) is 64.3 Å². The zero-order chi connectivity index (χ0) is 17.4. The Morgan fingerprint density at radius 1 is 1.20 bits per heavy atom. The van der Waals surface area contributed by atoms with Crippen LogP contribution in [0.1, 0.15) is 18.1 Å². The Morgan fingerprint density at radius 2 is 1.92 bits per heavy atom. The molecule has 6 heteroatoms. The first-order valence-electron chi connectivity index (χ1n) is 7.99. The lowest BCUT2D eigenvalue weighted by Gasteiger charge is -2.11. The summed E-state index contributed by atoms with van der Waals surface area (Å²) in [5, 5.41) is 3.58. The van der Waals surface area contributed by atoms with Crippen molar-refractivity contribution in [2.75, 3.05) is 13.1 Å². The number of hydrogen-bond acceptors (Lipinski definition) is 3. The maximum atomic E-state index is 12.0. The normalized spacial score (nSPS) is 11.3. The van der Waals surface area contributed by atoms with Gasteiger partial charge in [0, 0.05) is 11.6 Å². The minimum absolute atomic E-state index is 0. The van der Waals surface area contributed by atoms with Crippen LogP contribution in [0.25, 0.3) is 0 Å². The lowest BCUT2D eigenvalue weighted by molar-refractivity contribution is -0.120. The SMILES string of the molecule is CC(CN)CNC(=O)Cc1cccc(OCc2cccc(Cl)c2)c1.Cl. The molecule has 0 bridgehead atoms. The lowest BCUT2D eigenvalue weighted by atomic mass is 10.1. The molecule has 0 spiro atoms. The van der Waals surface area contributed by atoms with E-state index >= 15 is 0 Å². The molecule has 2 aromatic carbocycles. The van der Waals surface area contributed by atoms with Crippen LogP contribution in [0.4, 0.5) is 0 Å². The maximum Gasteiger partial charge on any atom is 0.224 e. The number of nitrogens with one attached hydrogen (secondary N) is 1. The third kappa shape index (κ3) is 7.78. The van der Waals surface area contributed by atoms with Gasteiger partial charge in [-0.15, -0.1) is 12.4 Å². The van der Waals surface area contributed by atoms with E-state index in [-0.39, 0.29) is 24.2 Å². The van der Waals surface area contributed by atoms with Gasteiger partial charge in [0.15, 0.2) is 0 Å². The zero-order valence-corrected chi connectivity index (χ0v) is 15.8. The number of hydrogen-bond donors (Lipinski definition) is 2. The molecule has 0 aliphatic carbocycles. The van der Waals surface area contributed by atoms with Gasteiger partial charge >= 0.3 is 0 Å². The standard InChI is InChI=1S/C19H23ClN2O2.ClH/c1-14(11-21)12-22-19(23)10-15-4-3-7-18(9-15)24-13-16-5-2-6-17(20)8-16;/h2-9,14H,10-13,21H2,1H3,(H,22,23);1H. The summed E-state index contributed by atoms with van der Waals surface area (Å²) in [6, 6.07) is 15.1. The molecule has 1 amide bonds. The maximum absolute atomic E-state index is 12.0. The number of nitrogens with two attached hydrogens (primary N) is 1. The molecular formula is C19H24Cl2N2O2. The lowest BCUT2D eigenvalue weighted by Crippen LogP contribution is -2.32. The Bertz CT molecular complexity index is 680. The van der Waals surface area contributed by atoms with E-state index in [9.17, 15) is 4.79 Å². The van der Waals surface area contributed by atoms with E-state index in [4.69, 9.17) is 22.1 Å². The van der Waals surface area contributed by atoms with Gasteiger partial charge in [0.05, 0.1) is 6.42 Å². The summed E-state index contributed by atoms with van der Waals surface area (Å²) < 4.78 is 5.78. The molecule has 0 fully saturated rings. The summed E-state index contributed by atoms with van der Waals surface area (Å²) in [6.45, 7) is 3.60. The number of benzene rings is 2. The van der Waals surface area contributed by atoms with Crippen LogP contribution in [0.15, 0.2) is 48.5 Å². The average Bonchev–Trinajstić information content (AvgIpc) is 2.58. The van der Waals surface area contributed by atoms with Crippen molar-refractivity contribution in [2.24, 2.45) is 11.7 Å². The Labute approximate surface area is 160 Å². The van der Waals surface area contributed by atoms with E-state index in [1.807, 2.05) is 55.5 Å². The molecule has 0 heterocycles. The molecule has 136 valence electrons. The largest absolute Gasteiger partial charge is 0.489 e. The van der Waals surface area contributed by atoms with Crippen LogP contribution in [-0.2, 0) is 17.8 Å². The Kier molecular flexibility index (Phi) is 9.35. The molecule has 3 N–H and O–H groups in total. The van der Waals surface area contributed by atoms with Crippen LogP contribution in [0.5, 0.6) is 5.75 Å². The molecule has 1 atom stereocenters. The smallest absolute Gasteiger partial charge is 0.224 e. The van der Waals surface area contributed by atoms with Gasteiger partial charge in [-0.3, -0.25) is 4.79 Å². The van der Waals surface area contributed by atoms with Crippen molar-refractivity contribution in [1.29, 1.82) is 0 Å². The molecule has 0 radical (unpaired) electrons. The van der Waals surface area contributed by atoms with Gasteiger partial charge in [-0.1, -0.05) is 42.8 Å². The molecule has 0 saturated heterocycles. The number of rotatable bonds is 8. The molecular weight excluding hydrogens is 359 g/mol. The predicted octanol–water partition coefficient (Wildman–Crippen LogP) is 3.59. The van der Waals surface area contributed by atoms with Crippen LogP contribution < -0.4 is 15.8 Å². The van der Waals surface area contributed by atoms with Crippen molar-refractivity contribution in [3.8, 4) is 5.75 Å². The molecule has 4 nitrogen and oxygen atoms in total. The van der Waals surface area contributed by atoms with Gasteiger partial charge in [-0.05, 0) is 47.9 Å². The van der Waals surface area contributed by atoms with Gasteiger partial charge in [0.1, 0.15) is 12.4 Å². The molecule has 0 aliphatic heterocycles. The first-order valence-corrected chi connectivity index (χ1v) is 8.37. The molecule has 2 aromatic rings. The third-order valence-corrected chi connectivity index (χ3v) is 3.84. The minimum Gasteiger partial charge on any atom is -0.489 e. The van der Waals surface area contributed by atoms with E-state index in [0.29, 0.717) is 31.1 Å². The van der Waals surface area contributed by atoms with Gasteiger partial charge in [0.25, 0.3) is 0 Å². The highest BCUT2D eigenvalue weighted by atomic mass is 35.5. The highest BCUT2D eigenvalue weighted by Crippen LogP contribution is 2.17. The molecule has 25 heavy (non-hydrogen) atoms. The molecule has 0 aliphatic rings. The van der Waals surface area contributed by atoms with Crippen LogP contribution in [0, 0.1) is 5.92 Å². The molecule has 1 unspecified atom stereocenters. The molecule has 2 rings (SSSR count). The zero-order valence-electron chi connectivity index (χ0n) is 14.2. The van der Waals surface area contributed by atoms with E-state index in [2.05, 4.69) is 5.32 Å². The number of amides is 1.